The van der Waals surface area contributed by atoms with E-state index in [1.54, 1.807) is 4.57 Å². The van der Waals surface area contributed by atoms with E-state index in [0.29, 0.717) is 5.92 Å². The van der Waals surface area contributed by atoms with Crippen LogP contribution in [0.15, 0.2) is 15.7 Å². The van der Waals surface area contributed by atoms with E-state index in [1.165, 1.54) is 12.5 Å². The van der Waals surface area contributed by atoms with Crippen molar-refractivity contribution < 1.29 is 0 Å². The summed E-state index contributed by atoms with van der Waals surface area (Å²) in [5.74, 6) is 0.763. The fourth-order valence-corrected chi connectivity index (χ4v) is 2.87. The zero-order valence-electron chi connectivity index (χ0n) is 10.1. The second-order valence-corrected chi connectivity index (χ2v) is 4.75. The molecule has 94 valence electrons. The summed E-state index contributed by atoms with van der Waals surface area (Å²) < 4.78 is 1.56. The summed E-state index contributed by atoms with van der Waals surface area (Å²) >= 11 is 0. The predicted molar refractivity (Wildman–Crippen MR) is 67.0 cm³/mol. The number of H-pyrrole nitrogens is 1. The minimum atomic E-state index is -0.424. The first-order valence-corrected chi connectivity index (χ1v) is 6.24. The molecule has 2 rings (SSSR count). The molecule has 0 saturated heterocycles. The molecule has 0 amide bonds. The smallest absolute Gasteiger partial charge is 0.330 e. The SMILES string of the molecule is CCC1CCCCC1n1c(N)cc(=O)[nH]c1=O. The number of nitrogens with one attached hydrogen (secondary N) is 1. The maximum Gasteiger partial charge on any atom is 0.330 e. The second-order valence-electron chi connectivity index (χ2n) is 4.75. The van der Waals surface area contributed by atoms with Gasteiger partial charge in [-0.25, -0.2) is 4.79 Å². The van der Waals surface area contributed by atoms with Crippen molar-refractivity contribution in [3.05, 3.63) is 26.9 Å². The standard InChI is InChI=1S/C12H19N3O2/c1-2-8-5-3-4-6-9(8)15-10(13)7-11(16)14-12(15)17/h7-9H,2-6,13H2,1H3,(H,14,16,17). The summed E-state index contributed by atoms with van der Waals surface area (Å²) in [5.41, 5.74) is 5.01. The van der Waals surface area contributed by atoms with E-state index in [2.05, 4.69) is 11.9 Å². The molecule has 0 aromatic carbocycles. The van der Waals surface area contributed by atoms with Gasteiger partial charge in [0.25, 0.3) is 5.56 Å². The Labute approximate surface area is 99.7 Å². The van der Waals surface area contributed by atoms with Crippen LogP contribution in [0, 0.1) is 5.92 Å². The summed E-state index contributed by atoms with van der Waals surface area (Å²) in [4.78, 5) is 25.3. The number of nitrogens with zero attached hydrogens (tertiary/aromatic N) is 1. The van der Waals surface area contributed by atoms with Crippen LogP contribution in [0.5, 0.6) is 0 Å². The first-order valence-electron chi connectivity index (χ1n) is 6.24. The molecule has 1 aliphatic rings. The van der Waals surface area contributed by atoms with Crippen LogP contribution < -0.4 is 17.0 Å². The van der Waals surface area contributed by atoms with Crippen molar-refractivity contribution in [2.24, 2.45) is 5.92 Å². The lowest BCUT2D eigenvalue weighted by Gasteiger charge is -2.32. The van der Waals surface area contributed by atoms with Crippen molar-refractivity contribution >= 4 is 5.82 Å². The third kappa shape index (κ3) is 2.28. The maximum absolute atomic E-state index is 11.8. The molecule has 3 N–H and O–H groups in total. The Morgan fingerprint density at radius 3 is 2.76 bits per heavy atom. The molecule has 1 aliphatic carbocycles. The Morgan fingerprint density at radius 2 is 2.12 bits per heavy atom. The molecule has 1 fully saturated rings. The molecule has 2 unspecified atom stereocenters. The van der Waals surface area contributed by atoms with Gasteiger partial charge < -0.3 is 5.73 Å². The van der Waals surface area contributed by atoms with Gasteiger partial charge in [-0.15, -0.1) is 0 Å². The van der Waals surface area contributed by atoms with Crippen LogP contribution in [0.4, 0.5) is 5.82 Å². The van der Waals surface area contributed by atoms with E-state index in [4.69, 9.17) is 5.73 Å². The Morgan fingerprint density at radius 1 is 1.41 bits per heavy atom. The van der Waals surface area contributed by atoms with Gasteiger partial charge in [-0.05, 0) is 18.8 Å². The lowest BCUT2D eigenvalue weighted by atomic mass is 9.82. The Balaban J connectivity index is 2.45. The van der Waals surface area contributed by atoms with Gasteiger partial charge in [0, 0.05) is 12.1 Å². The number of hydrogen-bond acceptors (Lipinski definition) is 3. The van der Waals surface area contributed by atoms with Gasteiger partial charge >= 0.3 is 5.69 Å². The second kappa shape index (κ2) is 4.77. The number of rotatable bonds is 2. The highest BCUT2D eigenvalue weighted by atomic mass is 16.2. The van der Waals surface area contributed by atoms with Crippen LogP contribution in [0.25, 0.3) is 0 Å². The van der Waals surface area contributed by atoms with E-state index in [1.807, 2.05) is 0 Å². The zero-order valence-corrected chi connectivity index (χ0v) is 10.1. The maximum atomic E-state index is 11.8. The highest BCUT2D eigenvalue weighted by Gasteiger charge is 2.27. The topological polar surface area (TPSA) is 80.9 Å². The molecule has 0 bridgehead atoms. The fourth-order valence-electron chi connectivity index (χ4n) is 2.87. The van der Waals surface area contributed by atoms with E-state index in [9.17, 15) is 9.59 Å². The molecule has 1 saturated carbocycles. The van der Waals surface area contributed by atoms with Crippen molar-refractivity contribution in [3.8, 4) is 0 Å². The summed E-state index contributed by atoms with van der Waals surface area (Å²) in [6, 6.07) is 1.43. The number of nitrogen functional groups attached to an aromatic ring is 1. The minimum Gasteiger partial charge on any atom is -0.385 e. The van der Waals surface area contributed by atoms with Crippen molar-refractivity contribution in [2.75, 3.05) is 5.73 Å². The van der Waals surface area contributed by atoms with Gasteiger partial charge in [0.05, 0.1) is 0 Å². The van der Waals surface area contributed by atoms with Crippen molar-refractivity contribution in [3.63, 3.8) is 0 Å². The van der Waals surface area contributed by atoms with E-state index >= 15 is 0 Å². The van der Waals surface area contributed by atoms with E-state index in [-0.39, 0.29) is 17.5 Å². The van der Waals surface area contributed by atoms with Gasteiger partial charge in [-0.1, -0.05) is 26.2 Å². The van der Waals surface area contributed by atoms with Crippen LogP contribution in [0.3, 0.4) is 0 Å². The molecule has 0 radical (unpaired) electrons. The van der Waals surface area contributed by atoms with Gasteiger partial charge in [-0.3, -0.25) is 14.3 Å². The third-order valence-electron chi connectivity index (χ3n) is 3.73. The molecule has 0 aliphatic heterocycles. The number of nitrogens with two attached hydrogens (primary N) is 1. The molecular weight excluding hydrogens is 218 g/mol. The molecule has 5 heteroatoms. The quantitative estimate of drug-likeness (QED) is 0.812. The molecule has 2 atom stereocenters. The highest BCUT2D eigenvalue weighted by molar-refractivity contribution is 5.27. The van der Waals surface area contributed by atoms with E-state index < -0.39 is 5.56 Å². The summed E-state index contributed by atoms with van der Waals surface area (Å²) in [5, 5.41) is 0. The number of aromatic nitrogens is 2. The number of aromatic amines is 1. The lowest BCUT2D eigenvalue weighted by molar-refractivity contribution is 0.228. The summed E-state index contributed by atoms with van der Waals surface area (Å²) in [6.45, 7) is 2.13. The molecule has 1 aromatic rings. The van der Waals surface area contributed by atoms with Crippen LogP contribution in [0.2, 0.25) is 0 Å². The Bertz CT molecular complexity index is 503. The van der Waals surface area contributed by atoms with Crippen LogP contribution in [-0.4, -0.2) is 9.55 Å². The monoisotopic (exact) mass is 237 g/mol. The Kier molecular flexibility index (Phi) is 3.36. The first kappa shape index (κ1) is 12.0. The van der Waals surface area contributed by atoms with Gasteiger partial charge in [0.1, 0.15) is 5.82 Å². The Hall–Kier alpha value is -1.52. The van der Waals surface area contributed by atoms with Gasteiger partial charge in [0.2, 0.25) is 0 Å². The predicted octanol–water partition coefficient (Wildman–Crippen LogP) is 1.26. The number of anilines is 1. The zero-order chi connectivity index (χ0) is 12.4. The average molecular weight is 237 g/mol. The van der Waals surface area contributed by atoms with Crippen molar-refractivity contribution in [2.45, 2.75) is 45.1 Å². The van der Waals surface area contributed by atoms with Crippen molar-refractivity contribution in [1.82, 2.24) is 9.55 Å². The fraction of sp³-hybridized carbons (Fsp3) is 0.667. The largest absolute Gasteiger partial charge is 0.385 e. The normalized spacial score (nSPS) is 24.8. The van der Waals surface area contributed by atoms with Crippen LogP contribution in [-0.2, 0) is 0 Å². The van der Waals surface area contributed by atoms with Crippen LogP contribution >= 0.6 is 0 Å². The van der Waals surface area contributed by atoms with E-state index in [0.717, 1.165) is 25.7 Å². The van der Waals surface area contributed by atoms with Crippen LogP contribution in [0.1, 0.15) is 45.1 Å². The molecule has 17 heavy (non-hydrogen) atoms. The minimum absolute atomic E-state index is 0.137. The molecule has 0 spiro atoms. The van der Waals surface area contributed by atoms with Crippen molar-refractivity contribution in [1.29, 1.82) is 0 Å². The lowest BCUT2D eigenvalue weighted by Crippen LogP contribution is -2.37. The molecular formula is C12H19N3O2. The summed E-state index contributed by atoms with van der Waals surface area (Å²) in [7, 11) is 0. The van der Waals surface area contributed by atoms with Gasteiger partial charge in [0.15, 0.2) is 0 Å². The molecule has 5 nitrogen and oxygen atoms in total. The highest BCUT2D eigenvalue weighted by Crippen LogP contribution is 2.35. The third-order valence-corrected chi connectivity index (χ3v) is 3.73. The van der Waals surface area contributed by atoms with Gasteiger partial charge in [-0.2, -0.15) is 0 Å². The molecule has 1 aromatic heterocycles. The summed E-state index contributed by atoms with van der Waals surface area (Å²) in [6.07, 6.45) is 5.47. The number of hydrogen-bond donors (Lipinski definition) is 2. The average Bonchev–Trinajstić information content (AvgIpc) is 2.28. The molecule has 1 heterocycles. The first-order chi connectivity index (χ1) is 8.13.